The van der Waals surface area contributed by atoms with E-state index in [4.69, 9.17) is 0 Å². The summed E-state index contributed by atoms with van der Waals surface area (Å²) in [7, 11) is 2.01. The topological polar surface area (TPSA) is 24.1 Å². The minimum atomic E-state index is 0.902. The first-order valence-electron chi connectivity index (χ1n) is 6.20. The van der Waals surface area contributed by atoms with Gasteiger partial charge in [-0.15, -0.1) is 0 Å². The number of rotatable bonds is 10. The molecule has 0 aromatic rings. The van der Waals surface area contributed by atoms with Crippen molar-refractivity contribution in [2.75, 3.05) is 26.7 Å². The molecule has 14 heavy (non-hydrogen) atoms. The molecule has 0 atom stereocenters. The molecule has 0 aliphatic rings. The van der Waals surface area contributed by atoms with Crippen LogP contribution in [0.5, 0.6) is 0 Å². The molecule has 2 nitrogen and oxygen atoms in total. The van der Waals surface area contributed by atoms with Gasteiger partial charge in [-0.05, 0) is 51.9 Å². The quantitative estimate of drug-likeness (QED) is 0.529. The smallest absolute Gasteiger partial charge is 0.00205 e. The zero-order valence-electron chi connectivity index (χ0n) is 10.2. The van der Waals surface area contributed by atoms with Crippen LogP contribution in [0.1, 0.15) is 46.0 Å². The van der Waals surface area contributed by atoms with E-state index in [1.54, 1.807) is 0 Å². The van der Waals surface area contributed by atoms with Crippen LogP contribution < -0.4 is 10.6 Å². The van der Waals surface area contributed by atoms with Crippen molar-refractivity contribution in [2.24, 2.45) is 5.92 Å². The zero-order chi connectivity index (χ0) is 10.6. The van der Waals surface area contributed by atoms with Gasteiger partial charge in [-0.2, -0.15) is 0 Å². The first kappa shape index (κ1) is 13.9. The van der Waals surface area contributed by atoms with E-state index in [9.17, 15) is 0 Å². The molecule has 0 unspecified atom stereocenters. The van der Waals surface area contributed by atoms with Gasteiger partial charge >= 0.3 is 0 Å². The second-order valence-electron chi connectivity index (χ2n) is 4.10. The average molecular weight is 200 g/mol. The van der Waals surface area contributed by atoms with E-state index < -0.39 is 0 Å². The molecule has 0 aromatic heterocycles. The second kappa shape index (κ2) is 11.0. The largest absolute Gasteiger partial charge is 0.320 e. The predicted molar refractivity (Wildman–Crippen MR) is 64.7 cm³/mol. The lowest BCUT2D eigenvalue weighted by Crippen LogP contribution is -2.25. The summed E-state index contributed by atoms with van der Waals surface area (Å²) in [5.41, 5.74) is 0. The number of hydrogen-bond acceptors (Lipinski definition) is 2. The van der Waals surface area contributed by atoms with Gasteiger partial charge in [0.1, 0.15) is 0 Å². The van der Waals surface area contributed by atoms with Crippen molar-refractivity contribution >= 4 is 0 Å². The number of nitrogens with one attached hydrogen (secondary N) is 2. The van der Waals surface area contributed by atoms with Crippen LogP contribution >= 0.6 is 0 Å². The summed E-state index contributed by atoms with van der Waals surface area (Å²) in [6.45, 7) is 8.06. The van der Waals surface area contributed by atoms with E-state index in [0.29, 0.717) is 0 Å². The van der Waals surface area contributed by atoms with Gasteiger partial charge in [0.05, 0.1) is 0 Å². The molecular weight excluding hydrogens is 172 g/mol. The second-order valence-corrected chi connectivity index (χ2v) is 4.10. The lowest BCUT2D eigenvalue weighted by Gasteiger charge is -2.15. The SMILES string of the molecule is CCCC(CCC)CNCCCNC. The third-order valence-electron chi connectivity index (χ3n) is 2.61. The Balaban J connectivity index is 3.30. The van der Waals surface area contributed by atoms with Gasteiger partial charge in [-0.1, -0.05) is 26.7 Å². The highest BCUT2D eigenvalue weighted by atomic mass is 14.9. The molecule has 0 rings (SSSR count). The summed E-state index contributed by atoms with van der Waals surface area (Å²) in [6.07, 6.45) is 6.65. The van der Waals surface area contributed by atoms with Crippen molar-refractivity contribution in [3.05, 3.63) is 0 Å². The lowest BCUT2D eigenvalue weighted by molar-refractivity contribution is 0.408. The molecule has 0 spiro atoms. The Labute approximate surface area is 89.9 Å². The van der Waals surface area contributed by atoms with Crippen molar-refractivity contribution in [3.8, 4) is 0 Å². The molecule has 2 heteroatoms. The molecule has 0 saturated carbocycles. The van der Waals surface area contributed by atoms with Gasteiger partial charge in [0.25, 0.3) is 0 Å². The van der Waals surface area contributed by atoms with E-state index >= 15 is 0 Å². The van der Waals surface area contributed by atoms with E-state index in [2.05, 4.69) is 24.5 Å². The normalized spacial score (nSPS) is 11.1. The van der Waals surface area contributed by atoms with Gasteiger partial charge in [0, 0.05) is 0 Å². The van der Waals surface area contributed by atoms with Crippen molar-refractivity contribution in [1.29, 1.82) is 0 Å². The molecule has 0 aliphatic carbocycles. The van der Waals surface area contributed by atoms with Crippen LogP contribution in [0.25, 0.3) is 0 Å². The van der Waals surface area contributed by atoms with Crippen molar-refractivity contribution < 1.29 is 0 Å². The maximum Gasteiger partial charge on any atom is -0.00205 e. The third kappa shape index (κ3) is 8.52. The van der Waals surface area contributed by atoms with E-state index in [0.717, 1.165) is 19.0 Å². The fraction of sp³-hybridized carbons (Fsp3) is 1.00. The molecule has 0 aliphatic heterocycles. The summed E-state index contributed by atoms with van der Waals surface area (Å²) < 4.78 is 0. The van der Waals surface area contributed by atoms with Gasteiger partial charge < -0.3 is 10.6 Å². The Hall–Kier alpha value is -0.0800. The molecule has 86 valence electrons. The summed E-state index contributed by atoms with van der Waals surface area (Å²) >= 11 is 0. The molecule has 0 radical (unpaired) electrons. The lowest BCUT2D eigenvalue weighted by atomic mass is 9.98. The fourth-order valence-electron chi connectivity index (χ4n) is 1.86. The highest BCUT2D eigenvalue weighted by Crippen LogP contribution is 2.11. The Bertz CT molecular complexity index is 98.5. The molecule has 0 amide bonds. The molecule has 2 N–H and O–H groups in total. The van der Waals surface area contributed by atoms with Crippen LogP contribution in [0.4, 0.5) is 0 Å². The minimum absolute atomic E-state index is 0.902. The predicted octanol–water partition coefficient (Wildman–Crippen LogP) is 2.40. The maximum atomic E-state index is 3.55. The monoisotopic (exact) mass is 200 g/mol. The Kier molecular flexibility index (Phi) is 10.9. The van der Waals surface area contributed by atoms with Gasteiger partial charge in [0.2, 0.25) is 0 Å². The number of hydrogen-bond donors (Lipinski definition) is 2. The molecule has 0 heterocycles. The summed E-state index contributed by atoms with van der Waals surface area (Å²) in [4.78, 5) is 0. The van der Waals surface area contributed by atoms with E-state index in [1.165, 1.54) is 38.6 Å². The van der Waals surface area contributed by atoms with Crippen molar-refractivity contribution in [1.82, 2.24) is 10.6 Å². The third-order valence-corrected chi connectivity index (χ3v) is 2.61. The first-order valence-corrected chi connectivity index (χ1v) is 6.20. The van der Waals surface area contributed by atoms with Gasteiger partial charge in [-0.3, -0.25) is 0 Å². The van der Waals surface area contributed by atoms with E-state index in [1.807, 2.05) is 7.05 Å². The van der Waals surface area contributed by atoms with Gasteiger partial charge in [-0.25, -0.2) is 0 Å². The van der Waals surface area contributed by atoms with Crippen LogP contribution in [0.3, 0.4) is 0 Å². The van der Waals surface area contributed by atoms with Crippen molar-refractivity contribution in [3.63, 3.8) is 0 Å². The first-order chi connectivity index (χ1) is 6.85. The highest BCUT2D eigenvalue weighted by Gasteiger charge is 2.04. The standard InChI is InChI=1S/C12H28N2/c1-4-7-12(8-5-2)11-14-10-6-9-13-3/h12-14H,4-11H2,1-3H3. The maximum absolute atomic E-state index is 3.55. The Morgan fingerprint density at radius 3 is 2.14 bits per heavy atom. The molecule has 0 aromatic carbocycles. The van der Waals surface area contributed by atoms with Gasteiger partial charge in [0.15, 0.2) is 0 Å². The summed E-state index contributed by atoms with van der Waals surface area (Å²) in [5, 5.41) is 6.72. The van der Waals surface area contributed by atoms with Crippen LogP contribution in [-0.4, -0.2) is 26.7 Å². The van der Waals surface area contributed by atoms with Crippen LogP contribution in [-0.2, 0) is 0 Å². The highest BCUT2D eigenvalue weighted by molar-refractivity contribution is 4.61. The van der Waals surface area contributed by atoms with Crippen LogP contribution in [0, 0.1) is 5.92 Å². The zero-order valence-corrected chi connectivity index (χ0v) is 10.2. The molecule has 0 bridgehead atoms. The van der Waals surface area contributed by atoms with Crippen LogP contribution in [0.2, 0.25) is 0 Å². The molecule has 0 fully saturated rings. The fourth-order valence-corrected chi connectivity index (χ4v) is 1.86. The van der Waals surface area contributed by atoms with E-state index in [-0.39, 0.29) is 0 Å². The van der Waals surface area contributed by atoms with Crippen molar-refractivity contribution in [2.45, 2.75) is 46.0 Å². The minimum Gasteiger partial charge on any atom is -0.320 e. The Morgan fingerprint density at radius 2 is 1.64 bits per heavy atom. The Morgan fingerprint density at radius 1 is 1.00 bits per heavy atom. The average Bonchev–Trinajstić information content (AvgIpc) is 2.18. The molecule has 0 saturated heterocycles. The molecular formula is C12H28N2. The van der Waals surface area contributed by atoms with Crippen LogP contribution in [0.15, 0.2) is 0 Å². The summed E-state index contributed by atoms with van der Waals surface area (Å²) in [6, 6.07) is 0. The summed E-state index contributed by atoms with van der Waals surface area (Å²) in [5.74, 6) is 0.902.